The van der Waals surface area contributed by atoms with Crippen LogP contribution in [-0.4, -0.2) is 24.0 Å². The number of aryl methyl sites for hydroxylation is 1. The molecule has 0 bridgehead atoms. The molecular weight excluding hydrogens is 202 g/mol. The Morgan fingerprint density at radius 2 is 2.50 bits per heavy atom. The Kier molecular flexibility index (Phi) is 3.67. The first kappa shape index (κ1) is 11.3. The molecule has 0 aliphatic carbocycles. The number of hydrogen-bond donors (Lipinski definition) is 0. The van der Waals surface area contributed by atoms with Crippen LogP contribution in [0.15, 0.2) is 18.3 Å². The third-order valence-electron chi connectivity index (χ3n) is 3.08. The standard InChI is InChI=1S/C13H17NO2/c1-10-4-2-6-14-12(10)8-13(15)11-5-3-7-16-9-11/h2,4,6,11H,3,5,7-9H2,1H3. The minimum atomic E-state index is 0.0788. The number of carbonyl (C=O) groups excluding carboxylic acids is 1. The largest absolute Gasteiger partial charge is 0.381 e. The molecule has 1 fully saturated rings. The highest BCUT2D eigenvalue weighted by Crippen LogP contribution is 2.17. The summed E-state index contributed by atoms with van der Waals surface area (Å²) in [6.45, 7) is 3.38. The van der Waals surface area contributed by atoms with E-state index in [4.69, 9.17) is 4.74 Å². The summed E-state index contributed by atoms with van der Waals surface area (Å²) in [6.07, 6.45) is 4.15. The predicted octanol–water partition coefficient (Wildman–Crippen LogP) is 1.93. The number of hydrogen-bond acceptors (Lipinski definition) is 3. The molecule has 1 atom stereocenters. The van der Waals surface area contributed by atoms with Gasteiger partial charge < -0.3 is 4.74 Å². The fraction of sp³-hybridized carbons (Fsp3) is 0.538. The van der Waals surface area contributed by atoms with Crippen molar-refractivity contribution in [3.8, 4) is 0 Å². The van der Waals surface area contributed by atoms with Crippen molar-refractivity contribution in [1.29, 1.82) is 0 Å². The number of rotatable bonds is 3. The topological polar surface area (TPSA) is 39.2 Å². The molecule has 0 aromatic carbocycles. The van der Waals surface area contributed by atoms with E-state index in [0.29, 0.717) is 13.0 Å². The molecule has 0 amide bonds. The lowest BCUT2D eigenvalue weighted by atomic mass is 9.94. The maximum absolute atomic E-state index is 12.0. The van der Waals surface area contributed by atoms with Crippen LogP contribution in [0.3, 0.4) is 0 Å². The van der Waals surface area contributed by atoms with E-state index in [2.05, 4.69) is 4.98 Å². The summed E-state index contributed by atoms with van der Waals surface area (Å²) in [5.41, 5.74) is 1.99. The summed E-state index contributed by atoms with van der Waals surface area (Å²) in [5, 5.41) is 0. The first-order valence-electron chi connectivity index (χ1n) is 5.78. The van der Waals surface area contributed by atoms with E-state index in [1.165, 1.54) is 0 Å². The first-order valence-corrected chi connectivity index (χ1v) is 5.78. The number of ketones is 1. The van der Waals surface area contributed by atoms with Crippen molar-refractivity contribution >= 4 is 5.78 Å². The zero-order chi connectivity index (χ0) is 11.4. The van der Waals surface area contributed by atoms with Crippen LogP contribution < -0.4 is 0 Å². The zero-order valence-electron chi connectivity index (χ0n) is 9.61. The molecule has 1 aromatic rings. The van der Waals surface area contributed by atoms with Gasteiger partial charge in [-0.2, -0.15) is 0 Å². The smallest absolute Gasteiger partial charge is 0.144 e. The van der Waals surface area contributed by atoms with Crippen LogP contribution in [0.5, 0.6) is 0 Å². The molecule has 3 nitrogen and oxygen atoms in total. The van der Waals surface area contributed by atoms with Crippen molar-refractivity contribution in [3.63, 3.8) is 0 Å². The molecule has 0 radical (unpaired) electrons. The number of carbonyl (C=O) groups is 1. The van der Waals surface area contributed by atoms with Crippen molar-refractivity contribution in [1.82, 2.24) is 4.98 Å². The summed E-state index contributed by atoms with van der Waals surface area (Å²) in [6, 6.07) is 3.89. The van der Waals surface area contributed by atoms with Gasteiger partial charge in [0.05, 0.1) is 12.3 Å². The highest BCUT2D eigenvalue weighted by atomic mass is 16.5. The van der Waals surface area contributed by atoms with E-state index >= 15 is 0 Å². The predicted molar refractivity (Wildman–Crippen MR) is 61.2 cm³/mol. The zero-order valence-corrected chi connectivity index (χ0v) is 9.61. The third kappa shape index (κ3) is 2.67. The van der Waals surface area contributed by atoms with Gasteiger partial charge in [-0.25, -0.2) is 0 Å². The van der Waals surface area contributed by atoms with Gasteiger partial charge in [-0.1, -0.05) is 6.07 Å². The molecule has 16 heavy (non-hydrogen) atoms. The van der Waals surface area contributed by atoms with Gasteiger partial charge >= 0.3 is 0 Å². The number of pyridine rings is 1. The number of ether oxygens (including phenoxy) is 1. The lowest BCUT2D eigenvalue weighted by Gasteiger charge is -2.20. The Hall–Kier alpha value is -1.22. The quantitative estimate of drug-likeness (QED) is 0.779. The third-order valence-corrected chi connectivity index (χ3v) is 3.08. The molecule has 1 aromatic heterocycles. The number of nitrogens with zero attached hydrogens (tertiary/aromatic N) is 1. The van der Waals surface area contributed by atoms with Crippen LogP contribution in [0, 0.1) is 12.8 Å². The average molecular weight is 219 g/mol. The van der Waals surface area contributed by atoms with E-state index in [-0.39, 0.29) is 11.7 Å². The monoisotopic (exact) mass is 219 g/mol. The Bertz CT molecular complexity index is 370. The molecule has 0 saturated carbocycles. The Morgan fingerprint density at radius 3 is 3.19 bits per heavy atom. The summed E-state index contributed by atoms with van der Waals surface area (Å²) >= 11 is 0. The SMILES string of the molecule is Cc1cccnc1CC(=O)C1CCCOC1. The average Bonchev–Trinajstić information content (AvgIpc) is 2.33. The second kappa shape index (κ2) is 5.21. The van der Waals surface area contributed by atoms with Gasteiger partial charge in [-0.05, 0) is 31.4 Å². The fourth-order valence-corrected chi connectivity index (χ4v) is 2.01. The van der Waals surface area contributed by atoms with Gasteiger partial charge in [0.1, 0.15) is 5.78 Å². The lowest BCUT2D eigenvalue weighted by Crippen LogP contribution is -2.26. The van der Waals surface area contributed by atoms with Gasteiger partial charge in [0.25, 0.3) is 0 Å². The van der Waals surface area contributed by atoms with Crippen LogP contribution in [0.2, 0.25) is 0 Å². The minimum absolute atomic E-state index is 0.0788. The lowest BCUT2D eigenvalue weighted by molar-refractivity contribution is -0.126. The van der Waals surface area contributed by atoms with Crippen molar-refractivity contribution < 1.29 is 9.53 Å². The van der Waals surface area contributed by atoms with Gasteiger partial charge in [0.15, 0.2) is 0 Å². The second-order valence-electron chi connectivity index (χ2n) is 4.32. The molecule has 3 heteroatoms. The number of aromatic nitrogens is 1. The minimum Gasteiger partial charge on any atom is -0.381 e. The van der Waals surface area contributed by atoms with Crippen LogP contribution in [0.25, 0.3) is 0 Å². The van der Waals surface area contributed by atoms with E-state index in [0.717, 1.165) is 30.7 Å². The normalized spacial score (nSPS) is 20.7. The van der Waals surface area contributed by atoms with Gasteiger partial charge in [-0.15, -0.1) is 0 Å². The van der Waals surface area contributed by atoms with Crippen molar-refractivity contribution in [3.05, 3.63) is 29.6 Å². The van der Waals surface area contributed by atoms with E-state index in [1.807, 2.05) is 19.1 Å². The van der Waals surface area contributed by atoms with Gasteiger partial charge in [-0.3, -0.25) is 9.78 Å². The van der Waals surface area contributed by atoms with Gasteiger partial charge in [0.2, 0.25) is 0 Å². The molecule has 86 valence electrons. The summed E-state index contributed by atoms with van der Waals surface area (Å²) < 4.78 is 5.33. The molecule has 2 heterocycles. The first-order chi connectivity index (χ1) is 7.77. The Morgan fingerprint density at radius 1 is 1.62 bits per heavy atom. The Balaban J connectivity index is 1.99. The molecule has 1 saturated heterocycles. The maximum atomic E-state index is 12.0. The molecule has 2 rings (SSSR count). The molecule has 1 aliphatic rings. The highest BCUT2D eigenvalue weighted by molar-refractivity contribution is 5.83. The van der Waals surface area contributed by atoms with Gasteiger partial charge in [0, 0.05) is 25.1 Å². The fourth-order valence-electron chi connectivity index (χ4n) is 2.01. The van der Waals surface area contributed by atoms with Crippen LogP contribution in [0.1, 0.15) is 24.1 Å². The van der Waals surface area contributed by atoms with E-state index in [9.17, 15) is 4.79 Å². The molecule has 1 unspecified atom stereocenters. The second-order valence-corrected chi connectivity index (χ2v) is 4.32. The molecule has 0 N–H and O–H groups in total. The van der Waals surface area contributed by atoms with E-state index in [1.54, 1.807) is 6.20 Å². The van der Waals surface area contributed by atoms with Crippen molar-refractivity contribution in [2.24, 2.45) is 5.92 Å². The summed E-state index contributed by atoms with van der Waals surface area (Å²) in [4.78, 5) is 16.3. The summed E-state index contributed by atoms with van der Waals surface area (Å²) in [5.74, 6) is 0.344. The van der Waals surface area contributed by atoms with E-state index < -0.39 is 0 Å². The maximum Gasteiger partial charge on any atom is 0.144 e. The molecule has 1 aliphatic heterocycles. The molecule has 0 spiro atoms. The van der Waals surface area contributed by atoms with Crippen LogP contribution >= 0.6 is 0 Å². The summed E-state index contributed by atoms with van der Waals surface area (Å²) in [7, 11) is 0. The van der Waals surface area contributed by atoms with Crippen LogP contribution in [0.4, 0.5) is 0 Å². The van der Waals surface area contributed by atoms with Crippen LogP contribution in [-0.2, 0) is 16.0 Å². The number of Topliss-reactive ketones (excluding diaryl/α,β-unsaturated/α-hetero) is 1. The van der Waals surface area contributed by atoms with Crippen molar-refractivity contribution in [2.75, 3.05) is 13.2 Å². The van der Waals surface area contributed by atoms with Crippen molar-refractivity contribution in [2.45, 2.75) is 26.2 Å². The highest BCUT2D eigenvalue weighted by Gasteiger charge is 2.22. The Labute approximate surface area is 95.8 Å². The molecular formula is C13H17NO2.